The molecule has 0 bridgehead atoms. The zero-order valence-electron chi connectivity index (χ0n) is 15.2. The molecule has 140 valence electrons. The number of amides is 1. The molecule has 2 aromatic rings. The van der Waals surface area contributed by atoms with Gasteiger partial charge in [-0.15, -0.1) is 0 Å². The molecule has 0 heterocycles. The summed E-state index contributed by atoms with van der Waals surface area (Å²) in [6.45, 7) is 5.68. The molecule has 0 spiro atoms. The maximum Gasteiger partial charge on any atom is 0.238 e. The number of rotatable bonds is 7. The van der Waals surface area contributed by atoms with Gasteiger partial charge >= 0.3 is 0 Å². The molecule has 1 unspecified atom stereocenters. The molecule has 1 atom stereocenters. The van der Waals surface area contributed by atoms with Crippen molar-refractivity contribution in [2.45, 2.75) is 44.2 Å². The smallest absolute Gasteiger partial charge is 0.238 e. The molecule has 6 heteroatoms. The predicted octanol–water partition coefficient (Wildman–Crippen LogP) is 3.57. The van der Waals surface area contributed by atoms with Crippen LogP contribution in [0.5, 0.6) is 0 Å². The topological polar surface area (TPSA) is 63.2 Å². The van der Waals surface area contributed by atoms with Crippen molar-refractivity contribution in [3.63, 3.8) is 0 Å². The van der Waals surface area contributed by atoms with E-state index in [0.29, 0.717) is 17.0 Å². The average Bonchev–Trinajstić information content (AvgIpc) is 2.60. The van der Waals surface area contributed by atoms with Gasteiger partial charge in [0, 0.05) is 6.54 Å². The minimum absolute atomic E-state index is 0.155. The molecule has 1 amide bonds. The Morgan fingerprint density at radius 2 is 1.50 bits per heavy atom. The minimum Gasteiger partial charge on any atom is -0.351 e. The van der Waals surface area contributed by atoms with Gasteiger partial charge in [-0.25, -0.2) is 12.8 Å². The van der Waals surface area contributed by atoms with Crippen LogP contribution in [-0.4, -0.2) is 19.6 Å². The number of carbonyl (C=O) groups is 1. The fourth-order valence-electron chi connectivity index (χ4n) is 2.45. The van der Waals surface area contributed by atoms with E-state index in [2.05, 4.69) is 19.2 Å². The van der Waals surface area contributed by atoms with Crippen LogP contribution in [0.25, 0.3) is 0 Å². The summed E-state index contributed by atoms with van der Waals surface area (Å²) in [4.78, 5) is 12.2. The molecular formula is C20H24FNO3S. The van der Waals surface area contributed by atoms with E-state index in [4.69, 9.17) is 0 Å². The molecule has 0 saturated heterocycles. The Balaban J connectivity index is 1.98. The van der Waals surface area contributed by atoms with Crippen molar-refractivity contribution in [3.05, 3.63) is 71.0 Å². The van der Waals surface area contributed by atoms with E-state index in [-0.39, 0.29) is 18.1 Å². The van der Waals surface area contributed by atoms with E-state index >= 15 is 0 Å². The zero-order valence-corrected chi connectivity index (χ0v) is 16.0. The van der Waals surface area contributed by atoms with E-state index in [9.17, 15) is 17.6 Å². The third-order valence-corrected chi connectivity index (χ3v) is 6.33. The molecule has 0 aliphatic rings. The van der Waals surface area contributed by atoms with Crippen molar-refractivity contribution in [3.8, 4) is 0 Å². The maximum absolute atomic E-state index is 12.9. The van der Waals surface area contributed by atoms with Gasteiger partial charge in [-0.05, 0) is 41.7 Å². The second kappa shape index (κ2) is 8.45. The summed E-state index contributed by atoms with van der Waals surface area (Å²) < 4.78 is 37.9. The highest BCUT2D eigenvalue weighted by molar-refractivity contribution is 7.92. The van der Waals surface area contributed by atoms with Crippen LogP contribution in [0.3, 0.4) is 0 Å². The van der Waals surface area contributed by atoms with Crippen molar-refractivity contribution in [2.75, 3.05) is 0 Å². The van der Waals surface area contributed by atoms with Gasteiger partial charge in [0.05, 0.1) is 5.75 Å². The Labute approximate surface area is 154 Å². The van der Waals surface area contributed by atoms with E-state index in [0.717, 1.165) is 5.56 Å². The Bertz CT molecular complexity index is 844. The zero-order chi connectivity index (χ0) is 19.3. The highest BCUT2D eigenvalue weighted by Gasteiger charge is 2.28. The number of nitrogens with one attached hydrogen (secondary N) is 1. The molecule has 4 nitrogen and oxygen atoms in total. The molecule has 1 N–H and O–H groups in total. The molecule has 0 aliphatic carbocycles. The molecule has 0 radical (unpaired) electrons. The van der Waals surface area contributed by atoms with E-state index < -0.39 is 21.0 Å². The van der Waals surface area contributed by atoms with Gasteiger partial charge in [0.2, 0.25) is 5.91 Å². The number of hydrogen-bond donors (Lipinski definition) is 1. The van der Waals surface area contributed by atoms with E-state index in [1.807, 2.05) is 12.1 Å². The molecular weight excluding hydrogens is 353 g/mol. The van der Waals surface area contributed by atoms with Gasteiger partial charge in [-0.2, -0.15) is 0 Å². The summed E-state index contributed by atoms with van der Waals surface area (Å²) in [7, 11) is -3.63. The Kier molecular flexibility index (Phi) is 6.53. The van der Waals surface area contributed by atoms with Crippen LogP contribution >= 0.6 is 0 Å². The van der Waals surface area contributed by atoms with Crippen molar-refractivity contribution < 1.29 is 17.6 Å². The lowest BCUT2D eigenvalue weighted by Gasteiger charge is -2.14. The molecule has 0 aromatic heterocycles. The highest BCUT2D eigenvalue weighted by atomic mass is 32.2. The van der Waals surface area contributed by atoms with Crippen LogP contribution in [0, 0.1) is 5.82 Å². The van der Waals surface area contributed by atoms with Crippen molar-refractivity contribution in [1.82, 2.24) is 5.32 Å². The van der Waals surface area contributed by atoms with E-state index in [1.54, 1.807) is 24.3 Å². The van der Waals surface area contributed by atoms with Gasteiger partial charge in [0.15, 0.2) is 9.84 Å². The van der Waals surface area contributed by atoms with Crippen LogP contribution in [0.4, 0.5) is 4.39 Å². The van der Waals surface area contributed by atoms with Crippen molar-refractivity contribution >= 4 is 15.7 Å². The largest absolute Gasteiger partial charge is 0.351 e. The van der Waals surface area contributed by atoms with Gasteiger partial charge < -0.3 is 5.32 Å². The average molecular weight is 377 g/mol. The summed E-state index contributed by atoms with van der Waals surface area (Å²) in [5, 5.41) is 1.43. The minimum atomic E-state index is -3.63. The number of benzene rings is 2. The Morgan fingerprint density at radius 3 is 2.04 bits per heavy atom. The third kappa shape index (κ3) is 5.39. The molecule has 2 rings (SSSR count). The number of halogens is 1. The van der Waals surface area contributed by atoms with Gasteiger partial charge in [0.1, 0.15) is 11.1 Å². The molecule has 0 saturated carbocycles. The summed E-state index contributed by atoms with van der Waals surface area (Å²) in [5.74, 6) is -0.735. The molecule has 26 heavy (non-hydrogen) atoms. The monoisotopic (exact) mass is 377 g/mol. The third-order valence-electron chi connectivity index (χ3n) is 4.30. The Morgan fingerprint density at radius 1 is 0.962 bits per heavy atom. The summed E-state index contributed by atoms with van der Waals surface area (Å²) >= 11 is 0. The number of hydrogen-bond acceptors (Lipinski definition) is 3. The fourth-order valence-corrected chi connectivity index (χ4v) is 3.77. The predicted molar refractivity (Wildman–Crippen MR) is 101 cm³/mol. The SMILES string of the molecule is CC(C)c1ccc(CS(=O)(=O)C(C)C(=O)NCc2ccc(F)cc2)cc1. The molecule has 0 aliphatic heterocycles. The summed E-state index contributed by atoms with van der Waals surface area (Å²) in [5.41, 5.74) is 2.50. The first-order chi connectivity index (χ1) is 12.2. The first kappa shape index (κ1) is 20.1. The van der Waals surface area contributed by atoms with Crippen LogP contribution in [-0.2, 0) is 26.9 Å². The number of sulfone groups is 1. The first-order valence-electron chi connectivity index (χ1n) is 8.51. The van der Waals surface area contributed by atoms with Crippen LogP contribution < -0.4 is 5.32 Å². The van der Waals surface area contributed by atoms with Crippen molar-refractivity contribution in [2.24, 2.45) is 0 Å². The lowest BCUT2D eigenvalue weighted by Crippen LogP contribution is -2.38. The molecule has 0 fully saturated rings. The lowest BCUT2D eigenvalue weighted by molar-refractivity contribution is -0.120. The highest BCUT2D eigenvalue weighted by Crippen LogP contribution is 2.17. The lowest BCUT2D eigenvalue weighted by atomic mass is 10.0. The normalized spacial score (nSPS) is 12.8. The van der Waals surface area contributed by atoms with Gasteiger partial charge in [-0.1, -0.05) is 50.2 Å². The van der Waals surface area contributed by atoms with Gasteiger partial charge in [0.25, 0.3) is 0 Å². The van der Waals surface area contributed by atoms with Gasteiger partial charge in [-0.3, -0.25) is 4.79 Å². The van der Waals surface area contributed by atoms with Crippen molar-refractivity contribution in [1.29, 1.82) is 0 Å². The van der Waals surface area contributed by atoms with Crippen LogP contribution in [0.2, 0.25) is 0 Å². The Hall–Kier alpha value is -2.21. The number of carbonyl (C=O) groups excluding carboxylic acids is 1. The first-order valence-corrected chi connectivity index (χ1v) is 10.2. The maximum atomic E-state index is 12.9. The quantitative estimate of drug-likeness (QED) is 0.802. The second-order valence-electron chi connectivity index (χ2n) is 6.69. The van der Waals surface area contributed by atoms with Crippen LogP contribution in [0.1, 0.15) is 43.4 Å². The summed E-state index contributed by atoms with van der Waals surface area (Å²) in [6, 6.07) is 13.1. The molecule has 2 aromatic carbocycles. The fraction of sp³-hybridized carbons (Fsp3) is 0.350. The van der Waals surface area contributed by atoms with Crippen LogP contribution in [0.15, 0.2) is 48.5 Å². The summed E-state index contributed by atoms with van der Waals surface area (Å²) in [6.07, 6.45) is 0. The van der Waals surface area contributed by atoms with E-state index in [1.165, 1.54) is 19.1 Å². The standard InChI is InChI=1S/C20H24FNO3S/c1-14(2)18-8-4-17(5-9-18)13-26(24,25)15(3)20(23)22-12-16-6-10-19(21)11-7-16/h4-11,14-15H,12-13H2,1-3H3,(H,22,23). The second-order valence-corrected chi connectivity index (χ2v) is 9.01.